The molecule has 0 spiro atoms. The maximum absolute atomic E-state index is 12.8. The predicted octanol–water partition coefficient (Wildman–Crippen LogP) is 6.74. The monoisotopic (exact) mass is 459 g/mol. The highest BCUT2D eigenvalue weighted by molar-refractivity contribution is 8.18. The van der Waals surface area contributed by atoms with Crippen molar-refractivity contribution in [3.05, 3.63) is 74.4 Å². The van der Waals surface area contributed by atoms with Gasteiger partial charge in [0.05, 0.1) is 10.6 Å². The van der Waals surface area contributed by atoms with E-state index < -0.39 is 0 Å². The first-order valence-electron chi connectivity index (χ1n) is 8.81. The fourth-order valence-electron chi connectivity index (χ4n) is 2.77. The molecule has 2 heterocycles. The van der Waals surface area contributed by atoms with Crippen LogP contribution in [0.5, 0.6) is 0 Å². The lowest BCUT2D eigenvalue weighted by atomic mass is 10.2. The third-order valence-corrected chi connectivity index (χ3v) is 6.51. The molecule has 146 valence electrons. The van der Waals surface area contributed by atoms with Gasteiger partial charge in [-0.1, -0.05) is 59.6 Å². The average Bonchev–Trinajstić information content (AvgIpc) is 3.29. The van der Waals surface area contributed by atoms with Crippen molar-refractivity contribution >= 4 is 68.6 Å². The highest BCUT2D eigenvalue weighted by atomic mass is 35.5. The fourth-order valence-corrected chi connectivity index (χ4v) is 5.02. The predicted molar refractivity (Wildman–Crippen MR) is 124 cm³/mol. The van der Waals surface area contributed by atoms with Gasteiger partial charge in [0, 0.05) is 27.5 Å². The zero-order chi connectivity index (χ0) is 20.4. The number of carbonyl (C=O) groups is 1. The molecule has 4 nitrogen and oxygen atoms in total. The van der Waals surface area contributed by atoms with Crippen molar-refractivity contribution in [2.75, 3.05) is 6.54 Å². The lowest BCUT2D eigenvalue weighted by Crippen LogP contribution is -2.28. The molecule has 1 amide bonds. The number of likely N-dealkylation sites (N-methyl/N-ethyl adjacent to an activating group) is 1. The van der Waals surface area contributed by atoms with E-state index in [1.54, 1.807) is 29.2 Å². The Bertz CT molecular complexity index is 1130. The van der Waals surface area contributed by atoms with E-state index in [2.05, 4.69) is 9.98 Å². The summed E-state index contributed by atoms with van der Waals surface area (Å²) in [6.45, 7) is 2.44. The maximum Gasteiger partial charge on any atom is 0.266 e. The van der Waals surface area contributed by atoms with Crippen molar-refractivity contribution in [3.8, 4) is 11.3 Å². The number of aromatic nitrogens is 1. The summed E-state index contributed by atoms with van der Waals surface area (Å²) in [5.41, 5.74) is 2.65. The fraction of sp³-hybridized carbons (Fsp3) is 0.0952. The molecule has 0 aliphatic carbocycles. The van der Waals surface area contributed by atoms with Crippen molar-refractivity contribution in [1.82, 2.24) is 9.88 Å². The number of amidine groups is 1. The molecule has 0 saturated carbocycles. The molecule has 2 aromatic carbocycles. The number of amides is 1. The number of benzene rings is 2. The quantitative estimate of drug-likeness (QED) is 0.405. The SMILES string of the molecule is CCN1C(=O)/C(=C/c2ccc(Cl)cc2Cl)S/C1=N/c1nc(-c2ccccc2)cs1. The normalized spacial score (nSPS) is 16.9. The second kappa shape index (κ2) is 8.71. The number of aliphatic imine (C=N–C) groups is 1. The Kier molecular flexibility index (Phi) is 6.06. The summed E-state index contributed by atoms with van der Waals surface area (Å²) < 4.78 is 0. The number of nitrogens with zero attached hydrogens (tertiary/aromatic N) is 3. The smallest absolute Gasteiger partial charge is 0.266 e. The van der Waals surface area contributed by atoms with Crippen LogP contribution in [0, 0.1) is 0 Å². The molecule has 1 aliphatic rings. The van der Waals surface area contributed by atoms with Gasteiger partial charge in [-0.25, -0.2) is 4.98 Å². The largest absolute Gasteiger partial charge is 0.287 e. The van der Waals surface area contributed by atoms with Crippen LogP contribution in [0.3, 0.4) is 0 Å². The second-order valence-electron chi connectivity index (χ2n) is 6.10. The summed E-state index contributed by atoms with van der Waals surface area (Å²) >= 11 is 15.0. The molecule has 29 heavy (non-hydrogen) atoms. The van der Waals surface area contributed by atoms with Gasteiger partial charge in [-0.15, -0.1) is 11.3 Å². The van der Waals surface area contributed by atoms with Crippen molar-refractivity contribution in [2.24, 2.45) is 4.99 Å². The molecular weight excluding hydrogens is 445 g/mol. The van der Waals surface area contributed by atoms with Crippen LogP contribution in [0.2, 0.25) is 10.0 Å². The maximum atomic E-state index is 12.8. The highest BCUT2D eigenvalue weighted by Crippen LogP contribution is 2.36. The van der Waals surface area contributed by atoms with E-state index in [0.29, 0.717) is 31.8 Å². The van der Waals surface area contributed by atoms with Crippen LogP contribution >= 0.6 is 46.3 Å². The van der Waals surface area contributed by atoms with E-state index in [0.717, 1.165) is 16.8 Å². The number of thioether (sulfide) groups is 1. The molecule has 4 rings (SSSR count). The van der Waals surface area contributed by atoms with Gasteiger partial charge < -0.3 is 0 Å². The molecule has 1 aliphatic heterocycles. The number of hydrogen-bond donors (Lipinski definition) is 0. The van der Waals surface area contributed by atoms with Gasteiger partial charge in [-0.3, -0.25) is 9.69 Å². The zero-order valence-electron chi connectivity index (χ0n) is 15.3. The number of rotatable bonds is 4. The third kappa shape index (κ3) is 4.41. The molecule has 0 radical (unpaired) electrons. The number of thiazole rings is 1. The average molecular weight is 460 g/mol. The van der Waals surface area contributed by atoms with Gasteiger partial charge in [-0.05, 0) is 42.5 Å². The van der Waals surface area contributed by atoms with Crippen molar-refractivity contribution in [3.63, 3.8) is 0 Å². The van der Waals surface area contributed by atoms with E-state index in [1.165, 1.54) is 23.1 Å². The van der Waals surface area contributed by atoms with Crippen LogP contribution in [0.25, 0.3) is 17.3 Å². The van der Waals surface area contributed by atoms with Crippen LogP contribution in [0.4, 0.5) is 5.13 Å². The number of carbonyl (C=O) groups excluding carboxylic acids is 1. The van der Waals surface area contributed by atoms with Gasteiger partial charge >= 0.3 is 0 Å². The minimum atomic E-state index is -0.0953. The van der Waals surface area contributed by atoms with Crippen molar-refractivity contribution in [2.45, 2.75) is 6.92 Å². The van der Waals surface area contributed by atoms with Crippen LogP contribution < -0.4 is 0 Å². The molecule has 3 aromatic rings. The lowest BCUT2D eigenvalue weighted by molar-refractivity contribution is -0.122. The van der Waals surface area contributed by atoms with Crippen LogP contribution in [-0.2, 0) is 4.79 Å². The van der Waals surface area contributed by atoms with Crippen molar-refractivity contribution < 1.29 is 4.79 Å². The van der Waals surface area contributed by atoms with Gasteiger partial charge in [0.1, 0.15) is 0 Å². The third-order valence-electron chi connectivity index (χ3n) is 4.21. The first-order chi connectivity index (χ1) is 14.0. The Morgan fingerprint density at radius 2 is 1.97 bits per heavy atom. The summed E-state index contributed by atoms with van der Waals surface area (Å²) in [6, 6.07) is 15.1. The molecule has 1 aromatic heterocycles. The minimum absolute atomic E-state index is 0.0953. The number of hydrogen-bond acceptors (Lipinski definition) is 5. The molecule has 1 fully saturated rings. The highest BCUT2D eigenvalue weighted by Gasteiger charge is 2.32. The molecule has 0 atom stereocenters. The Hall–Kier alpha value is -2.12. The summed E-state index contributed by atoms with van der Waals surface area (Å²) in [5.74, 6) is -0.0953. The van der Waals surface area contributed by atoms with E-state index in [1.807, 2.05) is 42.6 Å². The molecule has 0 bridgehead atoms. The lowest BCUT2D eigenvalue weighted by Gasteiger charge is -2.11. The molecular formula is C21H15Cl2N3OS2. The van der Waals surface area contributed by atoms with Gasteiger partial charge in [0.2, 0.25) is 5.13 Å². The molecule has 0 N–H and O–H groups in total. The Labute approximate surface area is 186 Å². The summed E-state index contributed by atoms with van der Waals surface area (Å²) in [4.78, 5) is 24.3. The Morgan fingerprint density at radius 3 is 2.69 bits per heavy atom. The van der Waals surface area contributed by atoms with E-state index in [4.69, 9.17) is 23.2 Å². The Balaban J connectivity index is 1.63. The standard InChI is InChI=1S/C21H15Cl2N3OS2/c1-2-26-19(27)18(10-14-8-9-15(22)11-16(14)23)29-21(26)25-20-24-17(12-28-20)13-6-4-3-5-7-13/h3-12H,2H2,1H3/b18-10-,25-21+. The zero-order valence-corrected chi connectivity index (χ0v) is 18.4. The summed E-state index contributed by atoms with van der Waals surface area (Å²) in [7, 11) is 0. The topological polar surface area (TPSA) is 45.6 Å². The van der Waals surface area contributed by atoms with Crippen LogP contribution in [-0.4, -0.2) is 27.5 Å². The number of halogens is 2. The van der Waals surface area contributed by atoms with Crippen LogP contribution in [0.15, 0.2) is 63.8 Å². The van der Waals surface area contributed by atoms with Gasteiger partial charge in [0.15, 0.2) is 5.17 Å². The molecule has 0 unspecified atom stereocenters. The van der Waals surface area contributed by atoms with Gasteiger partial charge in [0.25, 0.3) is 5.91 Å². The van der Waals surface area contributed by atoms with Crippen molar-refractivity contribution in [1.29, 1.82) is 0 Å². The van der Waals surface area contributed by atoms with E-state index in [9.17, 15) is 4.79 Å². The van der Waals surface area contributed by atoms with E-state index >= 15 is 0 Å². The first-order valence-corrected chi connectivity index (χ1v) is 11.3. The molecule has 1 saturated heterocycles. The summed E-state index contributed by atoms with van der Waals surface area (Å²) in [6.07, 6.45) is 1.77. The van der Waals surface area contributed by atoms with Gasteiger partial charge in [-0.2, -0.15) is 4.99 Å². The minimum Gasteiger partial charge on any atom is -0.287 e. The summed E-state index contributed by atoms with van der Waals surface area (Å²) in [5, 5.41) is 4.25. The van der Waals surface area contributed by atoms with E-state index in [-0.39, 0.29) is 5.91 Å². The van der Waals surface area contributed by atoms with Crippen LogP contribution in [0.1, 0.15) is 12.5 Å². The Morgan fingerprint density at radius 1 is 1.17 bits per heavy atom. The second-order valence-corrected chi connectivity index (χ2v) is 8.79. The molecule has 8 heteroatoms. The first kappa shape index (κ1) is 20.2.